The van der Waals surface area contributed by atoms with Crippen molar-refractivity contribution in [1.82, 2.24) is 15.0 Å². The molecule has 0 saturated heterocycles. The number of hydrogen-bond donors (Lipinski definition) is 0. The molecule has 0 saturated carbocycles. The fourth-order valence-corrected chi connectivity index (χ4v) is 7.74. The van der Waals surface area contributed by atoms with Crippen LogP contribution in [0.3, 0.4) is 0 Å². The maximum absolute atomic E-state index is 5.09. The summed E-state index contributed by atoms with van der Waals surface area (Å²) in [4.78, 5) is 15.1. The second-order valence-corrected chi connectivity index (χ2v) is 12.0. The number of fused-ring (bicyclic) bond motifs is 9. The fraction of sp³-hybridized carbons (Fsp3) is 0.0714. The third-order valence-corrected chi connectivity index (χ3v) is 9.64. The van der Waals surface area contributed by atoms with E-state index in [-0.39, 0.29) is 11.3 Å². The Morgan fingerprint density at radius 1 is 0.444 bits per heavy atom. The van der Waals surface area contributed by atoms with Crippen LogP contribution in [0.4, 0.5) is 0 Å². The van der Waals surface area contributed by atoms with Gasteiger partial charge in [-0.2, -0.15) is 0 Å². The van der Waals surface area contributed by atoms with Crippen LogP contribution in [-0.2, 0) is 5.41 Å². The Labute approximate surface area is 263 Å². The van der Waals surface area contributed by atoms with Crippen molar-refractivity contribution in [2.45, 2.75) is 11.3 Å². The summed E-state index contributed by atoms with van der Waals surface area (Å²) >= 11 is 0. The van der Waals surface area contributed by atoms with E-state index in [4.69, 9.17) is 15.0 Å². The molecule has 1 aromatic heterocycles. The minimum Gasteiger partial charge on any atom is -0.208 e. The molecule has 212 valence electrons. The molecule has 0 radical (unpaired) electrons. The van der Waals surface area contributed by atoms with Gasteiger partial charge in [-0.15, -0.1) is 0 Å². The molecule has 3 nitrogen and oxygen atoms in total. The number of allylic oxidation sites excluding steroid dienone is 4. The number of hydrogen-bond acceptors (Lipinski definition) is 3. The Morgan fingerprint density at radius 2 is 1.00 bits per heavy atom. The van der Waals surface area contributed by atoms with Gasteiger partial charge in [-0.1, -0.05) is 158 Å². The average molecular weight is 576 g/mol. The van der Waals surface area contributed by atoms with E-state index in [1.807, 2.05) is 36.4 Å². The standard InChI is InChI=1S/C42H29N3/c1-3-14-30(15-4-1)39-43-40(31-16-5-2-6-17-31)45-41(44-39)32-26-25-29-24-23-28-13-7-10-20-35(28)42(38(29)27-32)36-21-11-8-18-33(36)34-19-9-12-22-37(34)42/h1-27,33,36H. The van der Waals surface area contributed by atoms with E-state index in [2.05, 4.69) is 127 Å². The van der Waals surface area contributed by atoms with Gasteiger partial charge in [-0.25, -0.2) is 15.0 Å². The monoisotopic (exact) mass is 575 g/mol. The normalized spacial score (nSPS) is 20.3. The second-order valence-electron chi connectivity index (χ2n) is 12.0. The van der Waals surface area contributed by atoms with Gasteiger partial charge in [0.1, 0.15) is 0 Å². The molecule has 3 atom stereocenters. The minimum atomic E-state index is -0.383. The highest BCUT2D eigenvalue weighted by Crippen LogP contribution is 2.61. The molecule has 6 aromatic rings. The molecule has 45 heavy (non-hydrogen) atoms. The van der Waals surface area contributed by atoms with Gasteiger partial charge in [0.2, 0.25) is 0 Å². The van der Waals surface area contributed by atoms with Crippen molar-refractivity contribution in [1.29, 1.82) is 0 Å². The molecule has 3 heteroatoms. The van der Waals surface area contributed by atoms with Gasteiger partial charge in [-0.3, -0.25) is 0 Å². The van der Waals surface area contributed by atoms with Crippen molar-refractivity contribution in [2.75, 3.05) is 0 Å². The van der Waals surface area contributed by atoms with Gasteiger partial charge in [0.05, 0.1) is 5.41 Å². The zero-order valence-electron chi connectivity index (χ0n) is 24.6. The highest BCUT2D eigenvalue weighted by Gasteiger charge is 2.54. The zero-order valence-corrected chi connectivity index (χ0v) is 24.6. The number of rotatable bonds is 3. The lowest BCUT2D eigenvalue weighted by Gasteiger charge is -2.40. The molecule has 0 amide bonds. The number of benzene rings is 5. The quantitative estimate of drug-likeness (QED) is 0.211. The van der Waals surface area contributed by atoms with Crippen molar-refractivity contribution in [3.05, 3.63) is 185 Å². The number of aromatic nitrogens is 3. The summed E-state index contributed by atoms with van der Waals surface area (Å²) in [6.07, 6.45) is 13.8. The van der Waals surface area contributed by atoms with Gasteiger partial charge in [-0.05, 0) is 39.4 Å². The Hall–Kier alpha value is -5.67. The third kappa shape index (κ3) is 3.94. The van der Waals surface area contributed by atoms with Crippen molar-refractivity contribution in [2.24, 2.45) is 5.92 Å². The summed E-state index contributed by atoms with van der Waals surface area (Å²) < 4.78 is 0. The predicted molar refractivity (Wildman–Crippen MR) is 182 cm³/mol. The predicted octanol–water partition coefficient (Wildman–Crippen LogP) is 9.53. The van der Waals surface area contributed by atoms with Crippen LogP contribution in [0, 0.1) is 5.92 Å². The Bertz CT molecular complexity index is 2120. The van der Waals surface area contributed by atoms with E-state index < -0.39 is 0 Å². The van der Waals surface area contributed by atoms with Crippen molar-refractivity contribution in [3.63, 3.8) is 0 Å². The van der Waals surface area contributed by atoms with Gasteiger partial charge in [0.15, 0.2) is 17.5 Å². The van der Waals surface area contributed by atoms with E-state index in [1.54, 1.807) is 0 Å². The SMILES string of the molecule is C1=CC2c3ccccc3C3(c4ccccc4C=Cc4ccc(-c5nc(-c6ccccc6)nc(-c6ccccc6)n5)cc43)C2C=C1. The summed E-state index contributed by atoms with van der Waals surface area (Å²) in [7, 11) is 0. The Balaban J connectivity index is 1.32. The summed E-state index contributed by atoms with van der Waals surface area (Å²) in [5.41, 5.74) is 10.4. The van der Waals surface area contributed by atoms with Gasteiger partial charge >= 0.3 is 0 Å². The smallest absolute Gasteiger partial charge is 0.164 e. The molecule has 0 aliphatic heterocycles. The molecule has 3 unspecified atom stereocenters. The highest BCUT2D eigenvalue weighted by molar-refractivity contribution is 5.83. The average Bonchev–Trinajstić information content (AvgIpc) is 3.33. The van der Waals surface area contributed by atoms with Gasteiger partial charge in [0, 0.05) is 28.5 Å². The molecular weight excluding hydrogens is 546 g/mol. The molecule has 0 bridgehead atoms. The van der Waals surface area contributed by atoms with Crippen LogP contribution in [0.15, 0.2) is 152 Å². The molecule has 1 spiro atoms. The maximum Gasteiger partial charge on any atom is 0.164 e. The van der Waals surface area contributed by atoms with E-state index in [9.17, 15) is 0 Å². The summed E-state index contributed by atoms with van der Waals surface area (Å²) in [5, 5.41) is 0. The van der Waals surface area contributed by atoms with Crippen LogP contribution in [0.1, 0.15) is 39.3 Å². The second kappa shape index (κ2) is 10.2. The molecule has 5 aromatic carbocycles. The van der Waals surface area contributed by atoms with Crippen LogP contribution in [0.5, 0.6) is 0 Å². The third-order valence-electron chi connectivity index (χ3n) is 9.64. The maximum atomic E-state index is 5.09. The van der Waals surface area contributed by atoms with Gasteiger partial charge in [0.25, 0.3) is 0 Å². The van der Waals surface area contributed by atoms with E-state index in [0.717, 1.165) is 16.7 Å². The molecule has 1 heterocycles. The first kappa shape index (κ1) is 25.8. The van der Waals surface area contributed by atoms with Crippen LogP contribution in [-0.4, -0.2) is 15.0 Å². The summed E-state index contributed by atoms with van der Waals surface area (Å²) in [5.74, 6) is 2.53. The van der Waals surface area contributed by atoms with Crippen molar-refractivity contribution < 1.29 is 0 Å². The van der Waals surface area contributed by atoms with Crippen LogP contribution >= 0.6 is 0 Å². The highest BCUT2D eigenvalue weighted by atomic mass is 15.0. The lowest BCUT2D eigenvalue weighted by atomic mass is 9.61. The minimum absolute atomic E-state index is 0.230. The molecule has 0 N–H and O–H groups in total. The van der Waals surface area contributed by atoms with Crippen LogP contribution in [0.2, 0.25) is 0 Å². The van der Waals surface area contributed by atoms with Crippen LogP contribution < -0.4 is 0 Å². The largest absolute Gasteiger partial charge is 0.208 e. The van der Waals surface area contributed by atoms with E-state index in [1.165, 1.54) is 33.4 Å². The van der Waals surface area contributed by atoms with Crippen LogP contribution in [0.25, 0.3) is 46.3 Å². The van der Waals surface area contributed by atoms with Crippen molar-refractivity contribution in [3.8, 4) is 34.2 Å². The zero-order chi connectivity index (χ0) is 29.8. The topological polar surface area (TPSA) is 38.7 Å². The molecule has 9 rings (SSSR count). The lowest BCUT2D eigenvalue weighted by molar-refractivity contribution is 0.456. The Morgan fingerprint density at radius 3 is 1.71 bits per heavy atom. The Kier molecular flexibility index (Phi) is 5.85. The number of nitrogens with zero attached hydrogens (tertiary/aromatic N) is 3. The van der Waals surface area contributed by atoms with E-state index in [0.29, 0.717) is 23.4 Å². The fourth-order valence-electron chi connectivity index (χ4n) is 7.74. The summed E-state index contributed by atoms with van der Waals surface area (Å²) in [6.45, 7) is 0. The van der Waals surface area contributed by atoms with E-state index >= 15 is 0 Å². The summed E-state index contributed by atoms with van der Waals surface area (Å²) in [6, 6.07) is 45.1. The molecule has 3 aliphatic rings. The lowest BCUT2D eigenvalue weighted by Crippen LogP contribution is -2.36. The molecule has 3 aliphatic carbocycles. The molecule has 0 fully saturated rings. The molecular formula is C42H29N3. The van der Waals surface area contributed by atoms with Gasteiger partial charge < -0.3 is 0 Å². The first-order valence-corrected chi connectivity index (χ1v) is 15.5. The van der Waals surface area contributed by atoms with Crippen molar-refractivity contribution >= 4 is 12.2 Å². The first-order valence-electron chi connectivity index (χ1n) is 15.5. The first-order chi connectivity index (χ1) is 22.3.